The summed E-state index contributed by atoms with van der Waals surface area (Å²) in [5.41, 5.74) is 1.70. The number of unbranched alkanes of at least 4 members (excludes halogenated alkanes) is 4. The molecule has 0 atom stereocenters. The molecule has 0 aliphatic heterocycles. The van der Waals surface area contributed by atoms with Gasteiger partial charge in [-0.15, -0.1) is 11.3 Å². The first kappa shape index (κ1) is 19.0. The fourth-order valence-corrected chi connectivity index (χ4v) is 4.52. The van der Waals surface area contributed by atoms with Crippen molar-refractivity contribution in [3.05, 3.63) is 16.0 Å². The molecule has 0 radical (unpaired) electrons. The lowest BCUT2D eigenvalue weighted by atomic mass is 10.1. The van der Waals surface area contributed by atoms with Gasteiger partial charge in [0.05, 0.1) is 12.7 Å². The summed E-state index contributed by atoms with van der Waals surface area (Å²) in [6.07, 6.45) is 11.5. The van der Waals surface area contributed by atoms with E-state index in [4.69, 9.17) is 4.74 Å². The van der Waals surface area contributed by atoms with Crippen molar-refractivity contribution in [2.24, 2.45) is 0 Å². The first-order chi connectivity index (χ1) is 11.7. The smallest absolute Gasteiger partial charge is 0.341 e. The van der Waals surface area contributed by atoms with Crippen LogP contribution in [0.25, 0.3) is 0 Å². The second-order valence-corrected chi connectivity index (χ2v) is 7.58. The van der Waals surface area contributed by atoms with Crippen LogP contribution >= 0.6 is 11.3 Å². The van der Waals surface area contributed by atoms with Gasteiger partial charge in [0.15, 0.2) is 0 Å². The quantitative estimate of drug-likeness (QED) is 0.402. The summed E-state index contributed by atoms with van der Waals surface area (Å²) in [7, 11) is 1.41. The number of methoxy groups -OCH3 is 1. The summed E-state index contributed by atoms with van der Waals surface area (Å²) >= 11 is 1.56. The van der Waals surface area contributed by atoms with E-state index in [1.807, 2.05) is 0 Å². The molecule has 5 heteroatoms. The van der Waals surface area contributed by atoms with Gasteiger partial charge in [-0.1, -0.05) is 39.0 Å². The number of carbonyl (C=O) groups excluding carboxylic acids is 2. The zero-order chi connectivity index (χ0) is 17.4. The van der Waals surface area contributed by atoms with Crippen LogP contribution in [-0.4, -0.2) is 19.0 Å². The molecule has 0 saturated heterocycles. The van der Waals surface area contributed by atoms with Gasteiger partial charge in [0, 0.05) is 11.3 Å². The molecule has 0 unspecified atom stereocenters. The van der Waals surface area contributed by atoms with Crippen LogP contribution in [0.1, 0.15) is 85.5 Å². The number of hydrogen-bond acceptors (Lipinski definition) is 4. The third-order valence-electron chi connectivity index (χ3n) is 4.57. The normalized spacial score (nSPS) is 13.9. The Morgan fingerprint density at radius 1 is 1.08 bits per heavy atom. The summed E-state index contributed by atoms with van der Waals surface area (Å²) in [5, 5.41) is 3.66. The molecule has 0 fully saturated rings. The van der Waals surface area contributed by atoms with Crippen LogP contribution in [0.3, 0.4) is 0 Å². The maximum Gasteiger partial charge on any atom is 0.341 e. The third-order valence-corrected chi connectivity index (χ3v) is 5.78. The predicted octanol–water partition coefficient (Wildman–Crippen LogP) is 5.10. The SMILES string of the molecule is CCCCCCCC(=O)Nc1sc2c(c1C(=O)OC)CCCCC2. The highest BCUT2D eigenvalue weighted by molar-refractivity contribution is 7.17. The minimum atomic E-state index is -0.326. The van der Waals surface area contributed by atoms with Gasteiger partial charge in [0.2, 0.25) is 5.91 Å². The number of amides is 1. The molecule has 1 aromatic rings. The van der Waals surface area contributed by atoms with E-state index in [1.54, 1.807) is 11.3 Å². The molecule has 24 heavy (non-hydrogen) atoms. The monoisotopic (exact) mass is 351 g/mol. The van der Waals surface area contributed by atoms with E-state index in [0.717, 1.165) is 44.1 Å². The van der Waals surface area contributed by atoms with Crippen molar-refractivity contribution in [1.29, 1.82) is 0 Å². The molecule has 0 spiro atoms. The highest BCUT2D eigenvalue weighted by Crippen LogP contribution is 2.38. The van der Waals surface area contributed by atoms with Crippen LogP contribution < -0.4 is 5.32 Å². The van der Waals surface area contributed by atoms with Gasteiger partial charge in [-0.3, -0.25) is 4.79 Å². The first-order valence-corrected chi connectivity index (χ1v) is 10.0. The molecule has 4 nitrogen and oxygen atoms in total. The van der Waals surface area contributed by atoms with E-state index in [1.165, 1.54) is 37.7 Å². The molecule has 134 valence electrons. The van der Waals surface area contributed by atoms with Crippen LogP contribution in [0.2, 0.25) is 0 Å². The van der Waals surface area contributed by atoms with Gasteiger partial charge in [-0.2, -0.15) is 0 Å². The van der Waals surface area contributed by atoms with E-state index < -0.39 is 0 Å². The fraction of sp³-hybridized carbons (Fsp3) is 0.684. The van der Waals surface area contributed by atoms with Gasteiger partial charge in [-0.25, -0.2) is 4.79 Å². The van der Waals surface area contributed by atoms with E-state index in [-0.39, 0.29) is 11.9 Å². The molecule has 1 heterocycles. The number of esters is 1. The molecule has 1 amide bonds. The Kier molecular flexibility index (Phi) is 7.76. The number of hydrogen-bond donors (Lipinski definition) is 1. The average Bonchev–Trinajstić information content (AvgIpc) is 2.75. The molecule has 1 aliphatic rings. The van der Waals surface area contributed by atoms with Crippen molar-refractivity contribution in [1.82, 2.24) is 0 Å². The maximum atomic E-state index is 12.2. The van der Waals surface area contributed by atoms with Crippen molar-refractivity contribution in [3.8, 4) is 0 Å². The second-order valence-electron chi connectivity index (χ2n) is 6.47. The number of thiophene rings is 1. The summed E-state index contributed by atoms with van der Waals surface area (Å²) in [6.45, 7) is 2.18. The molecule has 0 aromatic carbocycles. The van der Waals surface area contributed by atoms with Gasteiger partial charge in [0.1, 0.15) is 5.00 Å². The Bertz CT molecular complexity index is 565. The highest BCUT2D eigenvalue weighted by Gasteiger charge is 2.26. The number of carbonyl (C=O) groups is 2. The first-order valence-electron chi connectivity index (χ1n) is 9.20. The third kappa shape index (κ3) is 5.07. The Morgan fingerprint density at radius 3 is 2.58 bits per heavy atom. The van der Waals surface area contributed by atoms with E-state index in [0.29, 0.717) is 17.0 Å². The van der Waals surface area contributed by atoms with Gasteiger partial charge >= 0.3 is 5.97 Å². The number of fused-ring (bicyclic) bond motifs is 1. The molecule has 0 saturated carbocycles. The summed E-state index contributed by atoms with van der Waals surface area (Å²) in [5.74, 6) is -0.319. The maximum absolute atomic E-state index is 12.2. The Balaban J connectivity index is 2.03. The molecular formula is C19H29NO3S. The van der Waals surface area contributed by atoms with E-state index in [9.17, 15) is 9.59 Å². The van der Waals surface area contributed by atoms with Gasteiger partial charge < -0.3 is 10.1 Å². The van der Waals surface area contributed by atoms with Gasteiger partial charge in [0.25, 0.3) is 0 Å². The zero-order valence-corrected chi connectivity index (χ0v) is 15.7. The zero-order valence-electron chi connectivity index (χ0n) is 14.9. The summed E-state index contributed by atoms with van der Waals surface area (Å²) in [6, 6.07) is 0. The number of rotatable bonds is 8. The van der Waals surface area contributed by atoms with E-state index in [2.05, 4.69) is 12.2 Å². The van der Waals surface area contributed by atoms with Crippen LogP contribution in [0.4, 0.5) is 5.00 Å². The number of anilines is 1. The van der Waals surface area contributed by atoms with Gasteiger partial charge in [-0.05, 0) is 37.7 Å². The van der Waals surface area contributed by atoms with Crippen LogP contribution in [0, 0.1) is 0 Å². The highest BCUT2D eigenvalue weighted by atomic mass is 32.1. The lowest BCUT2D eigenvalue weighted by Gasteiger charge is -2.07. The van der Waals surface area contributed by atoms with Crippen molar-refractivity contribution < 1.29 is 14.3 Å². The molecule has 2 rings (SSSR count). The summed E-state index contributed by atoms with van der Waals surface area (Å²) < 4.78 is 4.97. The number of aryl methyl sites for hydroxylation is 1. The molecular weight excluding hydrogens is 322 g/mol. The second kappa shape index (κ2) is 9.82. The van der Waals surface area contributed by atoms with Crippen molar-refractivity contribution in [2.45, 2.75) is 77.6 Å². The average molecular weight is 352 g/mol. The van der Waals surface area contributed by atoms with Crippen LogP contribution in [-0.2, 0) is 22.4 Å². The molecule has 1 aromatic heterocycles. The molecule has 0 bridgehead atoms. The minimum Gasteiger partial charge on any atom is -0.465 e. The predicted molar refractivity (Wildman–Crippen MR) is 98.9 cm³/mol. The Morgan fingerprint density at radius 2 is 1.83 bits per heavy atom. The largest absolute Gasteiger partial charge is 0.465 e. The Labute approximate surface area is 149 Å². The van der Waals surface area contributed by atoms with Crippen LogP contribution in [0.5, 0.6) is 0 Å². The topological polar surface area (TPSA) is 55.4 Å². The van der Waals surface area contributed by atoms with Crippen molar-refractivity contribution in [3.63, 3.8) is 0 Å². The van der Waals surface area contributed by atoms with Crippen molar-refractivity contribution in [2.75, 3.05) is 12.4 Å². The fourth-order valence-electron chi connectivity index (χ4n) is 3.23. The standard InChI is InChI=1S/C19H29NO3S/c1-3-4-5-6-10-13-16(21)20-18-17(19(22)23-2)14-11-8-7-9-12-15(14)24-18/h3-13H2,1-2H3,(H,20,21). The van der Waals surface area contributed by atoms with Crippen LogP contribution in [0.15, 0.2) is 0 Å². The molecule has 1 N–H and O–H groups in total. The minimum absolute atomic E-state index is 0.00746. The summed E-state index contributed by atoms with van der Waals surface area (Å²) in [4.78, 5) is 25.7. The lowest BCUT2D eigenvalue weighted by molar-refractivity contribution is -0.116. The lowest BCUT2D eigenvalue weighted by Crippen LogP contribution is -2.14. The molecule has 1 aliphatic carbocycles. The van der Waals surface area contributed by atoms with E-state index >= 15 is 0 Å². The number of ether oxygens (including phenoxy) is 1. The number of nitrogens with one attached hydrogen (secondary N) is 1. The van der Waals surface area contributed by atoms with Crippen molar-refractivity contribution >= 4 is 28.2 Å². The Hall–Kier alpha value is -1.36.